The summed E-state index contributed by atoms with van der Waals surface area (Å²) in [7, 11) is 1.57. The topological polar surface area (TPSA) is 42.4 Å². The van der Waals surface area contributed by atoms with Gasteiger partial charge in [0.25, 0.3) is 0 Å². The van der Waals surface area contributed by atoms with Gasteiger partial charge in [-0.3, -0.25) is 4.98 Å². The molecule has 0 aliphatic carbocycles. The molecular formula is C9H13NO2. The van der Waals surface area contributed by atoms with Crippen LogP contribution in [0.2, 0.25) is 0 Å². The molecular weight excluding hydrogens is 154 g/mol. The molecule has 0 amide bonds. The molecule has 1 N–H and O–H groups in total. The van der Waals surface area contributed by atoms with Crippen molar-refractivity contribution in [2.24, 2.45) is 0 Å². The quantitative estimate of drug-likeness (QED) is 0.732. The Morgan fingerprint density at radius 1 is 1.67 bits per heavy atom. The molecule has 12 heavy (non-hydrogen) atoms. The molecule has 1 rings (SSSR count). The van der Waals surface area contributed by atoms with E-state index in [-0.39, 0.29) is 0 Å². The summed E-state index contributed by atoms with van der Waals surface area (Å²) in [6, 6.07) is 3.64. The van der Waals surface area contributed by atoms with Crippen molar-refractivity contribution in [2.45, 2.75) is 13.0 Å². The van der Waals surface area contributed by atoms with E-state index >= 15 is 0 Å². The van der Waals surface area contributed by atoms with E-state index in [0.717, 1.165) is 11.3 Å². The molecule has 0 saturated heterocycles. The Bertz CT molecular complexity index is 250. The number of methoxy groups -OCH3 is 1. The lowest BCUT2D eigenvalue weighted by molar-refractivity contribution is 0.0643. The molecule has 0 aliphatic heterocycles. The second-order valence-electron chi connectivity index (χ2n) is 2.70. The molecule has 0 radical (unpaired) electrons. The molecule has 1 heterocycles. The summed E-state index contributed by atoms with van der Waals surface area (Å²) >= 11 is 0. The van der Waals surface area contributed by atoms with Gasteiger partial charge in [-0.05, 0) is 24.6 Å². The normalized spacial score (nSPS) is 12.9. The number of hydrogen-bond donors (Lipinski definition) is 1. The number of aromatic nitrogens is 1. The van der Waals surface area contributed by atoms with Crippen LogP contribution >= 0.6 is 0 Å². The third-order valence-corrected chi connectivity index (χ3v) is 1.63. The predicted molar refractivity (Wildman–Crippen MR) is 45.8 cm³/mol. The third-order valence-electron chi connectivity index (χ3n) is 1.63. The van der Waals surface area contributed by atoms with Crippen molar-refractivity contribution in [3.8, 4) is 0 Å². The van der Waals surface area contributed by atoms with Crippen LogP contribution in [-0.4, -0.2) is 23.8 Å². The highest BCUT2D eigenvalue weighted by atomic mass is 16.5. The van der Waals surface area contributed by atoms with E-state index in [4.69, 9.17) is 4.74 Å². The second kappa shape index (κ2) is 4.18. The highest BCUT2D eigenvalue weighted by Gasteiger charge is 2.05. The number of ether oxygens (including phenoxy) is 1. The molecule has 3 nitrogen and oxygen atoms in total. The molecule has 0 spiro atoms. The molecule has 66 valence electrons. The molecule has 1 unspecified atom stereocenters. The predicted octanol–water partition coefficient (Wildman–Crippen LogP) is 1.07. The van der Waals surface area contributed by atoms with Gasteiger partial charge in [-0.25, -0.2) is 0 Å². The molecule has 0 fully saturated rings. The van der Waals surface area contributed by atoms with Gasteiger partial charge in [0.15, 0.2) is 0 Å². The van der Waals surface area contributed by atoms with Crippen LogP contribution in [0.3, 0.4) is 0 Å². The molecule has 0 aromatic carbocycles. The summed E-state index contributed by atoms with van der Waals surface area (Å²) in [6.07, 6.45) is 1.14. The summed E-state index contributed by atoms with van der Waals surface area (Å²) < 4.78 is 4.83. The second-order valence-corrected chi connectivity index (χ2v) is 2.70. The van der Waals surface area contributed by atoms with Crippen LogP contribution in [0.1, 0.15) is 17.4 Å². The van der Waals surface area contributed by atoms with E-state index in [2.05, 4.69) is 4.98 Å². The average Bonchev–Trinajstić information content (AvgIpc) is 2.05. The van der Waals surface area contributed by atoms with Gasteiger partial charge in [0.05, 0.1) is 6.61 Å². The van der Waals surface area contributed by atoms with Crippen molar-refractivity contribution >= 4 is 0 Å². The Morgan fingerprint density at radius 2 is 2.42 bits per heavy atom. The molecule has 1 aromatic rings. The number of aliphatic hydroxyl groups excluding tert-OH is 1. The maximum Gasteiger partial charge on any atom is 0.102 e. The van der Waals surface area contributed by atoms with Crippen molar-refractivity contribution in [1.29, 1.82) is 0 Å². The molecule has 0 aliphatic rings. The van der Waals surface area contributed by atoms with Crippen LogP contribution in [-0.2, 0) is 4.74 Å². The van der Waals surface area contributed by atoms with Gasteiger partial charge >= 0.3 is 0 Å². The minimum Gasteiger partial charge on any atom is -0.386 e. The van der Waals surface area contributed by atoms with E-state index in [0.29, 0.717) is 6.61 Å². The molecule has 0 bridgehead atoms. The minimum atomic E-state index is -0.545. The fourth-order valence-corrected chi connectivity index (χ4v) is 1.03. The van der Waals surface area contributed by atoms with Crippen LogP contribution in [0.4, 0.5) is 0 Å². The van der Waals surface area contributed by atoms with Gasteiger partial charge in [0.2, 0.25) is 0 Å². The molecule has 0 saturated carbocycles. The lowest BCUT2D eigenvalue weighted by Crippen LogP contribution is -2.05. The van der Waals surface area contributed by atoms with Gasteiger partial charge in [0.1, 0.15) is 6.10 Å². The third kappa shape index (κ3) is 2.29. The molecule has 3 heteroatoms. The van der Waals surface area contributed by atoms with Gasteiger partial charge in [-0.2, -0.15) is 0 Å². The monoisotopic (exact) mass is 167 g/mol. The highest BCUT2D eigenvalue weighted by molar-refractivity contribution is 5.17. The summed E-state index contributed by atoms with van der Waals surface area (Å²) in [5, 5.41) is 9.49. The number of pyridine rings is 1. The van der Waals surface area contributed by atoms with Crippen molar-refractivity contribution < 1.29 is 9.84 Å². The van der Waals surface area contributed by atoms with E-state index in [1.54, 1.807) is 19.4 Å². The van der Waals surface area contributed by atoms with E-state index in [1.807, 2.05) is 13.0 Å². The van der Waals surface area contributed by atoms with Crippen LogP contribution in [0.15, 0.2) is 18.3 Å². The first-order valence-corrected chi connectivity index (χ1v) is 3.83. The van der Waals surface area contributed by atoms with Crippen LogP contribution in [0.25, 0.3) is 0 Å². The smallest absolute Gasteiger partial charge is 0.102 e. The fraction of sp³-hybridized carbons (Fsp3) is 0.444. The largest absolute Gasteiger partial charge is 0.386 e. The summed E-state index contributed by atoms with van der Waals surface area (Å²) in [5.41, 5.74) is 1.76. The Balaban J connectivity index is 2.73. The highest BCUT2D eigenvalue weighted by Crippen LogP contribution is 2.12. The lowest BCUT2D eigenvalue weighted by atomic mass is 10.1. The first kappa shape index (κ1) is 9.16. The standard InChI is InChI=1S/C9H13NO2/c1-7-5-8(3-4-10-7)9(11)6-12-2/h3-5,9,11H,6H2,1-2H3. The minimum absolute atomic E-state index is 0.323. The van der Waals surface area contributed by atoms with Crippen LogP contribution in [0.5, 0.6) is 0 Å². The summed E-state index contributed by atoms with van der Waals surface area (Å²) in [5.74, 6) is 0. The maximum atomic E-state index is 9.49. The zero-order chi connectivity index (χ0) is 8.97. The Morgan fingerprint density at radius 3 is 3.00 bits per heavy atom. The van der Waals surface area contributed by atoms with E-state index in [1.165, 1.54) is 0 Å². The first-order valence-electron chi connectivity index (χ1n) is 3.83. The van der Waals surface area contributed by atoms with Crippen LogP contribution in [0, 0.1) is 6.92 Å². The number of aliphatic hydroxyl groups is 1. The van der Waals surface area contributed by atoms with Gasteiger partial charge < -0.3 is 9.84 Å². The number of nitrogens with zero attached hydrogens (tertiary/aromatic N) is 1. The van der Waals surface area contributed by atoms with Crippen molar-refractivity contribution in [3.63, 3.8) is 0 Å². The Labute approximate surface area is 72.0 Å². The lowest BCUT2D eigenvalue weighted by Gasteiger charge is -2.09. The number of rotatable bonds is 3. The SMILES string of the molecule is COCC(O)c1ccnc(C)c1. The molecule has 1 atom stereocenters. The zero-order valence-corrected chi connectivity index (χ0v) is 7.32. The van der Waals surface area contributed by atoms with Gasteiger partial charge in [-0.1, -0.05) is 0 Å². The van der Waals surface area contributed by atoms with Gasteiger partial charge in [-0.15, -0.1) is 0 Å². The van der Waals surface area contributed by atoms with Crippen LogP contribution < -0.4 is 0 Å². The summed E-state index contributed by atoms with van der Waals surface area (Å²) in [4.78, 5) is 4.03. The number of aryl methyl sites for hydroxylation is 1. The van der Waals surface area contributed by atoms with Crippen molar-refractivity contribution in [1.82, 2.24) is 4.98 Å². The van der Waals surface area contributed by atoms with Gasteiger partial charge in [0, 0.05) is 19.0 Å². The maximum absolute atomic E-state index is 9.49. The zero-order valence-electron chi connectivity index (χ0n) is 7.32. The Kier molecular flexibility index (Phi) is 3.19. The van der Waals surface area contributed by atoms with E-state index < -0.39 is 6.10 Å². The average molecular weight is 167 g/mol. The molecule has 1 aromatic heterocycles. The summed E-state index contributed by atoms with van der Waals surface area (Å²) in [6.45, 7) is 2.21. The Hall–Kier alpha value is -0.930. The fourth-order valence-electron chi connectivity index (χ4n) is 1.03. The first-order chi connectivity index (χ1) is 5.74. The van der Waals surface area contributed by atoms with E-state index in [9.17, 15) is 5.11 Å². The van der Waals surface area contributed by atoms with Crippen molar-refractivity contribution in [2.75, 3.05) is 13.7 Å². The number of hydrogen-bond acceptors (Lipinski definition) is 3. The van der Waals surface area contributed by atoms with Crippen molar-refractivity contribution in [3.05, 3.63) is 29.6 Å².